The molecule has 2 heterocycles. The summed E-state index contributed by atoms with van der Waals surface area (Å²) in [7, 11) is 1.98. The van der Waals surface area contributed by atoms with Gasteiger partial charge in [0.2, 0.25) is 0 Å². The lowest BCUT2D eigenvalue weighted by Gasteiger charge is -2.21. The maximum absolute atomic E-state index is 12.0. The number of likely N-dealkylation sites (N-methyl/N-ethyl adjacent to an activating group) is 1. The first-order valence-electron chi connectivity index (χ1n) is 8.40. The van der Waals surface area contributed by atoms with Crippen molar-refractivity contribution in [3.63, 3.8) is 0 Å². The van der Waals surface area contributed by atoms with Crippen LogP contribution in [0.25, 0.3) is 5.69 Å². The van der Waals surface area contributed by atoms with E-state index in [1.807, 2.05) is 37.7 Å². The van der Waals surface area contributed by atoms with E-state index in [4.69, 9.17) is 9.84 Å². The highest BCUT2D eigenvalue weighted by molar-refractivity contribution is 5.77. The molecule has 2 aromatic rings. The Morgan fingerprint density at radius 2 is 2.00 bits per heavy atom. The third-order valence-corrected chi connectivity index (χ3v) is 4.87. The van der Waals surface area contributed by atoms with E-state index in [0.29, 0.717) is 6.54 Å². The number of carbonyl (C=O) groups is 1. The first kappa shape index (κ1) is 16.7. The van der Waals surface area contributed by atoms with Crippen LogP contribution in [0.1, 0.15) is 35.9 Å². The van der Waals surface area contributed by atoms with Crippen molar-refractivity contribution in [1.29, 1.82) is 0 Å². The maximum atomic E-state index is 12.0. The molecule has 0 bridgehead atoms. The number of benzene rings is 1. The number of esters is 1. The molecule has 3 rings (SSSR count). The molecule has 1 aliphatic rings. The van der Waals surface area contributed by atoms with Gasteiger partial charge in [0.05, 0.1) is 11.4 Å². The molecule has 5 nitrogen and oxygen atoms in total. The predicted octanol–water partition coefficient (Wildman–Crippen LogP) is 2.93. The van der Waals surface area contributed by atoms with Gasteiger partial charge in [-0.05, 0) is 46.4 Å². The zero-order chi connectivity index (χ0) is 17.4. The Balaban J connectivity index is 1.87. The Morgan fingerprint density at radius 1 is 1.29 bits per heavy atom. The van der Waals surface area contributed by atoms with Gasteiger partial charge in [-0.1, -0.05) is 18.2 Å². The molecule has 0 N–H and O–H groups in total. The molecule has 0 aliphatic carbocycles. The van der Waals surface area contributed by atoms with Gasteiger partial charge >= 0.3 is 5.97 Å². The second-order valence-corrected chi connectivity index (χ2v) is 6.76. The number of nitrogens with zero attached hydrogens (tertiary/aromatic N) is 3. The average Bonchev–Trinajstić information content (AvgIpc) is 3.01. The minimum absolute atomic E-state index is 0.00170. The van der Waals surface area contributed by atoms with E-state index in [2.05, 4.69) is 30.9 Å². The second-order valence-electron chi connectivity index (χ2n) is 6.76. The van der Waals surface area contributed by atoms with Crippen LogP contribution in [0, 0.1) is 20.8 Å². The molecule has 0 spiro atoms. The van der Waals surface area contributed by atoms with Crippen molar-refractivity contribution in [2.24, 2.45) is 0 Å². The van der Waals surface area contributed by atoms with Gasteiger partial charge in [0.1, 0.15) is 12.1 Å². The Kier molecular flexibility index (Phi) is 4.45. The van der Waals surface area contributed by atoms with E-state index in [-0.39, 0.29) is 18.1 Å². The Labute approximate surface area is 143 Å². The molecule has 0 saturated carbocycles. The van der Waals surface area contributed by atoms with Gasteiger partial charge in [0.15, 0.2) is 0 Å². The minimum Gasteiger partial charge on any atom is -0.461 e. The fourth-order valence-electron chi connectivity index (χ4n) is 3.39. The van der Waals surface area contributed by atoms with Gasteiger partial charge in [-0.3, -0.25) is 9.69 Å². The summed E-state index contributed by atoms with van der Waals surface area (Å²) in [6.07, 6.45) is 0.751. The minimum atomic E-state index is -0.166. The summed E-state index contributed by atoms with van der Waals surface area (Å²) >= 11 is 0. The van der Waals surface area contributed by atoms with Crippen molar-refractivity contribution in [2.45, 2.75) is 52.8 Å². The van der Waals surface area contributed by atoms with Crippen LogP contribution < -0.4 is 0 Å². The van der Waals surface area contributed by atoms with Crippen molar-refractivity contribution < 1.29 is 9.53 Å². The monoisotopic (exact) mass is 327 g/mol. The fourth-order valence-corrected chi connectivity index (χ4v) is 3.39. The molecule has 1 fully saturated rings. The maximum Gasteiger partial charge on any atom is 0.323 e. The van der Waals surface area contributed by atoms with Gasteiger partial charge < -0.3 is 4.74 Å². The SMILES string of the molecule is Cc1ccccc1-n1nc(C)c(CN(C)[C@@H]2C[C@H](C)OC2=O)c1C. The lowest BCUT2D eigenvalue weighted by Crippen LogP contribution is -2.35. The molecule has 1 aromatic carbocycles. The Morgan fingerprint density at radius 3 is 2.62 bits per heavy atom. The number of cyclic esters (lactones) is 1. The van der Waals surface area contributed by atoms with Gasteiger partial charge in [0, 0.05) is 24.2 Å². The molecular weight excluding hydrogens is 302 g/mol. The number of hydrogen-bond donors (Lipinski definition) is 0. The Bertz CT molecular complexity index is 766. The van der Waals surface area contributed by atoms with Crippen LogP contribution in [-0.4, -0.2) is 39.8 Å². The van der Waals surface area contributed by atoms with Crippen molar-refractivity contribution in [3.8, 4) is 5.69 Å². The Hall–Kier alpha value is -2.14. The van der Waals surface area contributed by atoms with Crippen LogP contribution in [0.5, 0.6) is 0 Å². The van der Waals surface area contributed by atoms with Crippen molar-refractivity contribution in [3.05, 3.63) is 46.8 Å². The van der Waals surface area contributed by atoms with E-state index >= 15 is 0 Å². The number of ether oxygens (including phenoxy) is 1. The largest absolute Gasteiger partial charge is 0.461 e. The molecule has 24 heavy (non-hydrogen) atoms. The van der Waals surface area contributed by atoms with Crippen LogP contribution in [0.15, 0.2) is 24.3 Å². The van der Waals surface area contributed by atoms with E-state index in [1.54, 1.807) is 0 Å². The topological polar surface area (TPSA) is 47.4 Å². The molecular formula is C19H25N3O2. The molecule has 0 amide bonds. The lowest BCUT2D eigenvalue weighted by atomic mass is 10.1. The summed E-state index contributed by atoms with van der Waals surface area (Å²) < 4.78 is 7.29. The van der Waals surface area contributed by atoms with E-state index in [1.165, 1.54) is 11.1 Å². The van der Waals surface area contributed by atoms with Crippen molar-refractivity contribution in [2.75, 3.05) is 7.05 Å². The summed E-state index contributed by atoms with van der Waals surface area (Å²) in [5.41, 5.74) is 5.58. The molecule has 5 heteroatoms. The number of carbonyl (C=O) groups excluding carboxylic acids is 1. The van der Waals surface area contributed by atoms with Crippen LogP contribution in [0.2, 0.25) is 0 Å². The number of aryl methyl sites for hydroxylation is 2. The third-order valence-electron chi connectivity index (χ3n) is 4.87. The fraction of sp³-hybridized carbons (Fsp3) is 0.474. The molecule has 0 unspecified atom stereocenters. The summed E-state index contributed by atoms with van der Waals surface area (Å²) in [4.78, 5) is 14.0. The summed E-state index contributed by atoms with van der Waals surface area (Å²) in [6.45, 7) is 8.84. The lowest BCUT2D eigenvalue weighted by molar-refractivity contribution is -0.144. The quantitative estimate of drug-likeness (QED) is 0.810. The van der Waals surface area contributed by atoms with E-state index in [9.17, 15) is 4.79 Å². The summed E-state index contributed by atoms with van der Waals surface area (Å²) in [6, 6.07) is 8.07. The highest BCUT2D eigenvalue weighted by Crippen LogP contribution is 2.24. The molecule has 2 atom stereocenters. The first-order valence-corrected chi connectivity index (χ1v) is 8.40. The zero-order valence-corrected chi connectivity index (χ0v) is 15.0. The van der Waals surface area contributed by atoms with E-state index < -0.39 is 0 Å². The highest BCUT2D eigenvalue weighted by Gasteiger charge is 2.35. The van der Waals surface area contributed by atoms with Crippen LogP contribution in [-0.2, 0) is 16.1 Å². The smallest absolute Gasteiger partial charge is 0.323 e. The van der Waals surface area contributed by atoms with Gasteiger partial charge in [-0.15, -0.1) is 0 Å². The third kappa shape index (κ3) is 2.96. The van der Waals surface area contributed by atoms with Crippen LogP contribution >= 0.6 is 0 Å². The van der Waals surface area contributed by atoms with Crippen LogP contribution in [0.3, 0.4) is 0 Å². The van der Waals surface area contributed by atoms with Crippen molar-refractivity contribution >= 4 is 5.97 Å². The molecule has 1 aromatic heterocycles. The van der Waals surface area contributed by atoms with Gasteiger partial charge in [0.25, 0.3) is 0 Å². The second kappa shape index (κ2) is 6.40. The molecule has 1 aliphatic heterocycles. The average molecular weight is 327 g/mol. The molecule has 0 radical (unpaired) electrons. The molecule has 128 valence electrons. The van der Waals surface area contributed by atoms with Gasteiger partial charge in [-0.25, -0.2) is 4.68 Å². The van der Waals surface area contributed by atoms with E-state index in [0.717, 1.165) is 23.5 Å². The number of para-hydroxylation sites is 1. The standard InChI is InChI=1S/C19H25N3O2/c1-12-8-6-7-9-17(12)22-15(4)16(14(3)20-22)11-21(5)18-10-13(2)24-19(18)23/h6-9,13,18H,10-11H2,1-5H3/t13-,18+/m0/s1. The summed E-state index contributed by atoms with van der Waals surface area (Å²) in [5, 5.41) is 4.73. The number of aromatic nitrogens is 2. The van der Waals surface area contributed by atoms with Crippen LogP contribution in [0.4, 0.5) is 0 Å². The molecule has 1 saturated heterocycles. The van der Waals surface area contributed by atoms with Gasteiger partial charge in [-0.2, -0.15) is 5.10 Å². The number of hydrogen-bond acceptors (Lipinski definition) is 4. The zero-order valence-electron chi connectivity index (χ0n) is 15.0. The van der Waals surface area contributed by atoms with Crippen molar-refractivity contribution in [1.82, 2.24) is 14.7 Å². The number of rotatable bonds is 4. The normalized spacial score (nSPS) is 20.7. The summed E-state index contributed by atoms with van der Waals surface area (Å²) in [5.74, 6) is -0.119. The predicted molar refractivity (Wildman–Crippen MR) is 93.2 cm³/mol. The first-order chi connectivity index (χ1) is 11.4. The highest BCUT2D eigenvalue weighted by atomic mass is 16.6.